The van der Waals surface area contributed by atoms with E-state index in [1.54, 1.807) is 48.5 Å². The largest absolute Gasteiger partial charge is 0.456 e. The summed E-state index contributed by atoms with van der Waals surface area (Å²) >= 11 is 0. The number of hydrogen-bond donors (Lipinski definition) is 1. The van der Waals surface area contributed by atoms with Gasteiger partial charge in [0.2, 0.25) is 0 Å². The average molecular weight is 411 g/mol. The van der Waals surface area contributed by atoms with Crippen LogP contribution in [0, 0.1) is 13.8 Å². The second kappa shape index (κ2) is 8.03. The quantitative estimate of drug-likeness (QED) is 0.448. The van der Waals surface area contributed by atoms with Crippen molar-refractivity contribution >= 4 is 28.3 Å². The highest BCUT2D eigenvalue weighted by Crippen LogP contribution is 2.26. The van der Waals surface area contributed by atoms with Crippen molar-refractivity contribution in [3.05, 3.63) is 99.2 Å². The van der Waals surface area contributed by atoms with Crippen LogP contribution in [-0.2, 0) is 0 Å². The number of aryl methyl sites for hydroxylation is 2. The lowest BCUT2D eigenvalue weighted by Crippen LogP contribution is -2.14. The zero-order valence-electron chi connectivity index (χ0n) is 17.5. The summed E-state index contributed by atoms with van der Waals surface area (Å²) in [4.78, 5) is 37.0. The van der Waals surface area contributed by atoms with Crippen LogP contribution in [0.4, 0.5) is 5.69 Å². The summed E-state index contributed by atoms with van der Waals surface area (Å²) in [5.41, 5.74) is 4.41. The maximum absolute atomic E-state index is 12.6. The fourth-order valence-corrected chi connectivity index (χ4v) is 3.63. The first-order valence-electron chi connectivity index (χ1n) is 9.90. The summed E-state index contributed by atoms with van der Waals surface area (Å²) in [5.74, 6) is -0.00654. The van der Waals surface area contributed by atoms with E-state index in [2.05, 4.69) is 5.32 Å². The van der Waals surface area contributed by atoms with Gasteiger partial charge in [-0.3, -0.25) is 14.4 Å². The zero-order valence-corrected chi connectivity index (χ0v) is 17.5. The van der Waals surface area contributed by atoms with Gasteiger partial charge in [-0.2, -0.15) is 0 Å². The number of para-hydroxylation sites is 1. The van der Waals surface area contributed by atoms with Crippen LogP contribution in [0.15, 0.2) is 75.9 Å². The van der Waals surface area contributed by atoms with E-state index in [-0.39, 0.29) is 17.1 Å². The highest BCUT2D eigenvalue weighted by Gasteiger charge is 2.13. The second-order valence-electron chi connectivity index (χ2n) is 7.57. The lowest BCUT2D eigenvalue weighted by Gasteiger charge is -2.10. The number of carbonyl (C=O) groups is 2. The van der Waals surface area contributed by atoms with Gasteiger partial charge in [0.25, 0.3) is 5.91 Å². The molecule has 1 amide bonds. The van der Waals surface area contributed by atoms with Gasteiger partial charge in [-0.1, -0.05) is 30.3 Å². The van der Waals surface area contributed by atoms with Crippen molar-refractivity contribution in [3.63, 3.8) is 0 Å². The molecule has 0 fully saturated rings. The molecule has 3 aromatic carbocycles. The number of Topliss-reactive ketones (excluding diaryl/α,β-unsaturated/α-hetero) is 1. The van der Waals surface area contributed by atoms with Crippen molar-refractivity contribution in [2.75, 3.05) is 5.32 Å². The summed E-state index contributed by atoms with van der Waals surface area (Å²) in [6, 6.07) is 18.9. The highest BCUT2D eigenvalue weighted by molar-refractivity contribution is 6.09. The van der Waals surface area contributed by atoms with Crippen LogP contribution in [0.25, 0.3) is 22.3 Å². The van der Waals surface area contributed by atoms with E-state index in [9.17, 15) is 14.4 Å². The molecule has 1 N–H and O–H groups in total. The minimum absolute atomic E-state index is 0.106. The molecule has 0 saturated heterocycles. The predicted octanol–water partition coefficient (Wildman–Crippen LogP) is 5.53. The summed E-state index contributed by atoms with van der Waals surface area (Å²) in [6.07, 6.45) is 0. The second-order valence-corrected chi connectivity index (χ2v) is 7.57. The number of anilines is 1. The number of rotatable bonds is 4. The van der Waals surface area contributed by atoms with Crippen LogP contribution in [0.3, 0.4) is 0 Å². The normalized spacial score (nSPS) is 10.8. The van der Waals surface area contributed by atoms with Crippen molar-refractivity contribution in [2.24, 2.45) is 0 Å². The molecule has 0 aliphatic carbocycles. The topological polar surface area (TPSA) is 76.4 Å². The molecule has 0 saturated carbocycles. The first-order chi connectivity index (χ1) is 14.8. The van der Waals surface area contributed by atoms with Gasteiger partial charge < -0.3 is 9.73 Å². The van der Waals surface area contributed by atoms with E-state index in [0.29, 0.717) is 39.1 Å². The van der Waals surface area contributed by atoms with Gasteiger partial charge >= 0.3 is 0 Å². The Morgan fingerprint density at radius 2 is 1.61 bits per heavy atom. The summed E-state index contributed by atoms with van der Waals surface area (Å²) in [6.45, 7) is 5.31. The summed E-state index contributed by atoms with van der Waals surface area (Å²) in [7, 11) is 0. The van der Waals surface area contributed by atoms with E-state index >= 15 is 0 Å². The number of fused-ring (bicyclic) bond motifs is 1. The Hall–Kier alpha value is -3.99. The molecule has 0 unspecified atom stereocenters. The monoisotopic (exact) mass is 411 g/mol. The molecule has 4 aromatic rings. The van der Waals surface area contributed by atoms with Gasteiger partial charge in [0.1, 0.15) is 11.3 Å². The van der Waals surface area contributed by atoms with E-state index < -0.39 is 0 Å². The predicted molar refractivity (Wildman–Crippen MR) is 122 cm³/mol. The van der Waals surface area contributed by atoms with Gasteiger partial charge in [-0.25, -0.2) is 0 Å². The van der Waals surface area contributed by atoms with Gasteiger partial charge in [0.05, 0.1) is 11.1 Å². The Kier molecular flexibility index (Phi) is 5.26. The molecule has 5 heteroatoms. The molecule has 0 spiro atoms. The molecule has 0 aliphatic rings. The van der Waals surface area contributed by atoms with Crippen LogP contribution in [-0.4, -0.2) is 11.7 Å². The van der Waals surface area contributed by atoms with Crippen LogP contribution in [0.2, 0.25) is 0 Å². The van der Waals surface area contributed by atoms with E-state index in [1.807, 2.05) is 26.0 Å². The smallest absolute Gasteiger partial charge is 0.255 e. The number of ketones is 1. The Balaban J connectivity index is 1.64. The molecule has 154 valence electrons. The van der Waals surface area contributed by atoms with Crippen molar-refractivity contribution in [2.45, 2.75) is 20.8 Å². The van der Waals surface area contributed by atoms with E-state index in [0.717, 1.165) is 11.1 Å². The SMILES string of the molecule is CC(=O)c1ccccc1NC(=O)c1ccc(-c2cc(=O)c3cc(C)cc(C)c3o2)cc1. The van der Waals surface area contributed by atoms with Gasteiger partial charge in [-0.05, 0) is 62.2 Å². The maximum atomic E-state index is 12.6. The van der Waals surface area contributed by atoms with Crippen molar-refractivity contribution < 1.29 is 14.0 Å². The molecule has 1 heterocycles. The summed E-state index contributed by atoms with van der Waals surface area (Å²) in [5, 5.41) is 3.34. The molecule has 5 nitrogen and oxygen atoms in total. The maximum Gasteiger partial charge on any atom is 0.255 e. The van der Waals surface area contributed by atoms with Crippen molar-refractivity contribution in [1.82, 2.24) is 0 Å². The fourth-order valence-electron chi connectivity index (χ4n) is 3.63. The van der Waals surface area contributed by atoms with Crippen LogP contribution in [0.1, 0.15) is 38.8 Å². The number of nitrogens with one attached hydrogen (secondary N) is 1. The highest BCUT2D eigenvalue weighted by atomic mass is 16.3. The van der Waals surface area contributed by atoms with Crippen LogP contribution >= 0.6 is 0 Å². The zero-order chi connectivity index (χ0) is 22.1. The minimum atomic E-state index is -0.327. The van der Waals surface area contributed by atoms with Crippen LogP contribution in [0.5, 0.6) is 0 Å². The minimum Gasteiger partial charge on any atom is -0.456 e. The van der Waals surface area contributed by atoms with Gasteiger partial charge in [0.15, 0.2) is 11.2 Å². The number of amides is 1. The Labute approximate surface area is 179 Å². The number of carbonyl (C=O) groups excluding carboxylic acids is 2. The lowest BCUT2D eigenvalue weighted by molar-refractivity contribution is 0.101. The summed E-state index contributed by atoms with van der Waals surface area (Å²) < 4.78 is 6.01. The number of hydrogen-bond acceptors (Lipinski definition) is 4. The molecule has 0 aliphatic heterocycles. The van der Waals surface area contributed by atoms with Gasteiger partial charge in [0, 0.05) is 22.8 Å². The molecule has 4 rings (SSSR count). The first-order valence-corrected chi connectivity index (χ1v) is 9.90. The Morgan fingerprint density at radius 1 is 0.903 bits per heavy atom. The van der Waals surface area contributed by atoms with Crippen molar-refractivity contribution in [3.8, 4) is 11.3 Å². The van der Waals surface area contributed by atoms with E-state index in [4.69, 9.17) is 4.42 Å². The molecular formula is C26H21NO4. The Morgan fingerprint density at radius 3 is 2.32 bits per heavy atom. The lowest BCUT2D eigenvalue weighted by atomic mass is 10.0. The van der Waals surface area contributed by atoms with Crippen LogP contribution < -0.4 is 10.7 Å². The Bertz CT molecular complexity index is 1380. The molecular weight excluding hydrogens is 390 g/mol. The third kappa shape index (κ3) is 4.03. The molecule has 0 atom stereocenters. The third-order valence-electron chi connectivity index (χ3n) is 5.14. The fraction of sp³-hybridized carbons (Fsp3) is 0.115. The van der Waals surface area contributed by atoms with Crippen molar-refractivity contribution in [1.29, 1.82) is 0 Å². The average Bonchev–Trinajstić information content (AvgIpc) is 2.74. The molecule has 0 bridgehead atoms. The number of benzene rings is 3. The molecule has 31 heavy (non-hydrogen) atoms. The van der Waals surface area contributed by atoms with E-state index in [1.165, 1.54) is 13.0 Å². The first kappa shape index (κ1) is 20.3. The molecule has 1 aromatic heterocycles. The van der Waals surface area contributed by atoms with Gasteiger partial charge in [-0.15, -0.1) is 0 Å². The molecule has 0 radical (unpaired) electrons. The standard InChI is InChI=1S/C26H21NO4/c1-15-12-16(2)25-21(13-15)23(29)14-24(31-25)18-8-10-19(11-9-18)26(30)27-22-7-5-4-6-20(22)17(3)28/h4-14H,1-3H3,(H,27,30). The third-order valence-corrected chi connectivity index (χ3v) is 5.14.